The maximum atomic E-state index is 13.0. The van der Waals surface area contributed by atoms with Crippen LogP contribution >= 0.6 is 11.6 Å². The minimum atomic E-state index is -0.202. The molecule has 6 heteroatoms. The average Bonchev–Trinajstić information content (AvgIpc) is 2.61. The van der Waals surface area contributed by atoms with Crippen molar-refractivity contribution in [1.82, 2.24) is 15.0 Å². The van der Waals surface area contributed by atoms with E-state index in [9.17, 15) is 4.79 Å². The number of carbonyl (C=O) groups is 1. The van der Waals surface area contributed by atoms with E-state index in [4.69, 9.17) is 11.6 Å². The molecule has 0 spiro atoms. The van der Waals surface area contributed by atoms with E-state index < -0.39 is 0 Å². The Hall–Kier alpha value is -2.79. The van der Waals surface area contributed by atoms with E-state index in [2.05, 4.69) is 15.0 Å². The predicted octanol–water partition coefficient (Wildman–Crippen LogP) is 3.68. The molecule has 0 aliphatic carbocycles. The Balaban J connectivity index is 1.97. The molecule has 2 heterocycles. The lowest BCUT2D eigenvalue weighted by molar-refractivity contribution is 0.0980. The summed E-state index contributed by atoms with van der Waals surface area (Å²) in [4.78, 5) is 26.9. The highest BCUT2D eigenvalue weighted by Crippen LogP contribution is 2.22. The fraction of sp³-hybridized carbons (Fsp3) is 0.111. The quantitative estimate of drug-likeness (QED) is 0.728. The Morgan fingerprint density at radius 2 is 1.96 bits per heavy atom. The molecule has 24 heavy (non-hydrogen) atoms. The fourth-order valence-electron chi connectivity index (χ4n) is 2.29. The van der Waals surface area contributed by atoms with Gasteiger partial charge in [-0.1, -0.05) is 17.7 Å². The molecule has 3 rings (SSSR count). The summed E-state index contributed by atoms with van der Waals surface area (Å²) in [5.41, 5.74) is 2.75. The number of hydrogen-bond acceptors (Lipinski definition) is 4. The highest BCUT2D eigenvalue weighted by atomic mass is 35.5. The molecule has 2 aromatic heterocycles. The van der Waals surface area contributed by atoms with Crippen LogP contribution in [-0.2, 0) is 6.54 Å². The monoisotopic (exact) mass is 338 g/mol. The van der Waals surface area contributed by atoms with Crippen molar-refractivity contribution in [2.45, 2.75) is 13.5 Å². The van der Waals surface area contributed by atoms with E-state index in [0.717, 1.165) is 16.9 Å². The van der Waals surface area contributed by atoms with Gasteiger partial charge in [-0.15, -0.1) is 0 Å². The van der Waals surface area contributed by atoms with Crippen molar-refractivity contribution in [2.75, 3.05) is 4.90 Å². The minimum absolute atomic E-state index is 0.202. The zero-order valence-electron chi connectivity index (χ0n) is 13.1. The number of hydrogen-bond donors (Lipinski definition) is 0. The van der Waals surface area contributed by atoms with Crippen molar-refractivity contribution < 1.29 is 4.79 Å². The number of halogens is 1. The average molecular weight is 339 g/mol. The molecule has 120 valence electrons. The van der Waals surface area contributed by atoms with E-state index in [1.54, 1.807) is 35.5 Å². The zero-order chi connectivity index (χ0) is 16.9. The first-order valence-corrected chi connectivity index (χ1v) is 7.76. The Labute approximate surface area is 145 Å². The van der Waals surface area contributed by atoms with Crippen LogP contribution in [0.4, 0.5) is 5.69 Å². The third-order valence-electron chi connectivity index (χ3n) is 3.47. The number of amides is 1. The molecule has 0 saturated heterocycles. The molecule has 0 atom stereocenters. The van der Waals surface area contributed by atoms with Crippen LogP contribution in [0.5, 0.6) is 0 Å². The smallest absolute Gasteiger partial charge is 0.277 e. The summed E-state index contributed by atoms with van der Waals surface area (Å²) in [6.45, 7) is 2.21. The molecule has 0 fully saturated rings. The molecule has 0 N–H and O–H groups in total. The van der Waals surface area contributed by atoms with Gasteiger partial charge in [-0.05, 0) is 48.9 Å². The number of nitrogens with zero attached hydrogens (tertiary/aromatic N) is 4. The van der Waals surface area contributed by atoms with Gasteiger partial charge in [-0.2, -0.15) is 0 Å². The number of aryl methyl sites for hydroxylation is 1. The number of benzene rings is 1. The summed E-state index contributed by atoms with van der Waals surface area (Å²) >= 11 is 5.96. The molecular weight excluding hydrogens is 324 g/mol. The van der Waals surface area contributed by atoms with Crippen LogP contribution in [0.2, 0.25) is 5.02 Å². The molecule has 0 aliphatic rings. The molecule has 0 saturated carbocycles. The van der Waals surface area contributed by atoms with Gasteiger partial charge in [0.15, 0.2) is 0 Å². The second kappa shape index (κ2) is 7.19. The summed E-state index contributed by atoms with van der Waals surface area (Å²) < 4.78 is 0. The Morgan fingerprint density at radius 3 is 2.62 bits per heavy atom. The number of carbonyl (C=O) groups excluding carboxylic acids is 1. The lowest BCUT2D eigenvalue weighted by atomic mass is 10.2. The number of aromatic nitrogens is 3. The molecule has 3 aromatic rings. The van der Waals surface area contributed by atoms with Gasteiger partial charge in [-0.3, -0.25) is 9.78 Å². The van der Waals surface area contributed by atoms with E-state index in [-0.39, 0.29) is 5.91 Å². The predicted molar refractivity (Wildman–Crippen MR) is 93.0 cm³/mol. The van der Waals surface area contributed by atoms with Crippen LogP contribution in [-0.4, -0.2) is 20.9 Å². The van der Waals surface area contributed by atoms with Crippen LogP contribution in [0.3, 0.4) is 0 Å². The van der Waals surface area contributed by atoms with Gasteiger partial charge in [0.05, 0.1) is 6.54 Å². The van der Waals surface area contributed by atoms with Gasteiger partial charge in [-0.25, -0.2) is 9.97 Å². The number of pyridine rings is 1. The first-order chi connectivity index (χ1) is 11.6. The second-order valence-corrected chi connectivity index (χ2v) is 5.71. The third-order valence-corrected chi connectivity index (χ3v) is 3.72. The lowest BCUT2D eigenvalue weighted by Crippen LogP contribution is -2.31. The van der Waals surface area contributed by atoms with Crippen LogP contribution in [0, 0.1) is 6.92 Å². The summed E-state index contributed by atoms with van der Waals surface area (Å²) in [7, 11) is 0. The van der Waals surface area contributed by atoms with Crippen LogP contribution in [0.25, 0.3) is 0 Å². The normalized spacial score (nSPS) is 10.4. The maximum absolute atomic E-state index is 13.0. The maximum Gasteiger partial charge on any atom is 0.277 e. The molecule has 0 unspecified atom stereocenters. The SMILES string of the molecule is Cc1cc(C(=O)N(Cc2cccnc2)c2ccc(Cl)cc2)ncn1. The van der Waals surface area contributed by atoms with E-state index in [1.165, 1.54) is 6.33 Å². The van der Waals surface area contributed by atoms with Gasteiger partial charge in [0.25, 0.3) is 5.91 Å². The number of rotatable bonds is 4. The van der Waals surface area contributed by atoms with Gasteiger partial charge >= 0.3 is 0 Å². The molecule has 0 radical (unpaired) electrons. The first-order valence-electron chi connectivity index (χ1n) is 7.38. The lowest BCUT2D eigenvalue weighted by Gasteiger charge is -2.22. The summed E-state index contributed by atoms with van der Waals surface area (Å²) in [5.74, 6) is -0.202. The van der Waals surface area contributed by atoms with Gasteiger partial charge in [0, 0.05) is 28.8 Å². The fourth-order valence-corrected chi connectivity index (χ4v) is 2.41. The second-order valence-electron chi connectivity index (χ2n) is 5.27. The van der Waals surface area contributed by atoms with E-state index >= 15 is 0 Å². The van der Waals surface area contributed by atoms with Gasteiger partial charge in [0.2, 0.25) is 0 Å². The van der Waals surface area contributed by atoms with E-state index in [0.29, 0.717) is 17.3 Å². The highest BCUT2D eigenvalue weighted by molar-refractivity contribution is 6.30. The summed E-state index contributed by atoms with van der Waals surface area (Å²) in [6.07, 6.45) is 4.83. The molecular formula is C18H15ClN4O. The largest absolute Gasteiger partial charge is 0.303 e. The van der Waals surface area contributed by atoms with Crippen molar-refractivity contribution in [1.29, 1.82) is 0 Å². The third kappa shape index (κ3) is 3.75. The van der Waals surface area contributed by atoms with Crippen LogP contribution in [0.15, 0.2) is 61.2 Å². The van der Waals surface area contributed by atoms with Crippen LogP contribution < -0.4 is 4.90 Å². The molecule has 0 bridgehead atoms. The van der Waals surface area contributed by atoms with Gasteiger partial charge < -0.3 is 4.90 Å². The highest BCUT2D eigenvalue weighted by Gasteiger charge is 2.20. The molecule has 5 nitrogen and oxygen atoms in total. The van der Waals surface area contributed by atoms with Crippen molar-refractivity contribution >= 4 is 23.2 Å². The van der Waals surface area contributed by atoms with Crippen molar-refractivity contribution in [3.8, 4) is 0 Å². The molecule has 1 aromatic carbocycles. The summed E-state index contributed by atoms with van der Waals surface area (Å²) in [6, 6.07) is 12.6. The first kappa shape index (κ1) is 16.1. The standard InChI is InChI=1S/C18H15ClN4O/c1-13-9-17(22-12-21-13)18(24)23(11-14-3-2-8-20-10-14)16-6-4-15(19)5-7-16/h2-10,12H,11H2,1H3. The molecule has 1 amide bonds. The molecule has 0 aliphatic heterocycles. The Morgan fingerprint density at radius 1 is 1.17 bits per heavy atom. The number of anilines is 1. The van der Waals surface area contributed by atoms with E-state index in [1.807, 2.05) is 31.2 Å². The van der Waals surface area contributed by atoms with Crippen LogP contribution in [0.1, 0.15) is 21.7 Å². The van der Waals surface area contributed by atoms with Crippen molar-refractivity contribution in [3.63, 3.8) is 0 Å². The van der Waals surface area contributed by atoms with Crippen molar-refractivity contribution in [2.24, 2.45) is 0 Å². The Kier molecular flexibility index (Phi) is 4.82. The minimum Gasteiger partial charge on any atom is -0.303 e. The Bertz CT molecular complexity index is 837. The zero-order valence-corrected chi connectivity index (χ0v) is 13.8. The summed E-state index contributed by atoms with van der Waals surface area (Å²) in [5, 5.41) is 0.616. The van der Waals surface area contributed by atoms with Gasteiger partial charge in [0.1, 0.15) is 12.0 Å². The topological polar surface area (TPSA) is 59.0 Å². The van der Waals surface area contributed by atoms with Crippen molar-refractivity contribution in [3.05, 3.63) is 83.2 Å².